The number of hydrogen-bond acceptors (Lipinski definition) is 2. The van der Waals surface area contributed by atoms with Crippen molar-refractivity contribution in [2.45, 2.75) is 53.0 Å². The Hall–Kier alpha value is -3.86. The van der Waals surface area contributed by atoms with Gasteiger partial charge in [0.2, 0.25) is 5.91 Å². The summed E-state index contributed by atoms with van der Waals surface area (Å²) >= 11 is 0. The van der Waals surface area contributed by atoms with Crippen molar-refractivity contribution in [1.82, 2.24) is 9.47 Å². The van der Waals surface area contributed by atoms with Crippen LogP contribution in [0.1, 0.15) is 56.2 Å². The van der Waals surface area contributed by atoms with Crippen molar-refractivity contribution in [1.29, 1.82) is 0 Å². The summed E-state index contributed by atoms with van der Waals surface area (Å²) in [7, 11) is 0. The van der Waals surface area contributed by atoms with E-state index < -0.39 is 0 Å². The minimum atomic E-state index is -0.271. The van der Waals surface area contributed by atoms with Crippen molar-refractivity contribution in [2.75, 3.05) is 13.1 Å². The molecule has 0 bridgehead atoms. The molecule has 0 fully saturated rings. The highest BCUT2D eigenvalue weighted by molar-refractivity contribution is 5.93. The number of benzene rings is 3. The molecule has 0 aliphatic heterocycles. The third kappa shape index (κ3) is 6.34. The van der Waals surface area contributed by atoms with E-state index in [0.717, 1.165) is 77.6 Å². The largest absolute Gasteiger partial charge is 0.508 e. The van der Waals surface area contributed by atoms with Gasteiger partial charge < -0.3 is 14.6 Å². The first-order valence-corrected chi connectivity index (χ1v) is 13.5. The standard InChI is InChI=1S/C33H37FN2O2/c1-4-6-20-35(21-7-5-2)32(38)19-12-25-8-10-26(11-9-25)23-36-31-18-17-29(37)22-30(31)24(3)33(36)27-13-15-28(34)16-14-27/h8-19,22,37H,4-7,20-21,23H2,1-3H3/b19-12+. The van der Waals surface area contributed by atoms with Crippen LogP contribution in [0.4, 0.5) is 4.39 Å². The molecule has 1 heterocycles. The monoisotopic (exact) mass is 512 g/mol. The number of unbranched alkanes of at least 4 members (excludes halogenated alkanes) is 2. The second kappa shape index (κ2) is 12.6. The van der Waals surface area contributed by atoms with E-state index in [1.54, 1.807) is 30.3 Å². The molecule has 0 atom stereocenters. The van der Waals surface area contributed by atoms with Crippen molar-refractivity contribution in [3.05, 3.63) is 95.3 Å². The van der Waals surface area contributed by atoms with Gasteiger partial charge in [0.1, 0.15) is 11.6 Å². The SMILES string of the molecule is CCCCN(CCCC)C(=O)/C=C/c1ccc(Cn2c(-c3ccc(F)cc3)c(C)c3cc(O)ccc32)cc1. The van der Waals surface area contributed by atoms with Crippen LogP contribution in [-0.2, 0) is 11.3 Å². The fourth-order valence-electron chi connectivity index (χ4n) is 4.87. The summed E-state index contributed by atoms with van der Waals surface area (Å²) in [6.07, 6.45) is 7.75. The Kier molecular flexibility index (Phi) is 9.01. The van der Waals surface area contributed by atoms with E-state index in [1.165, 1.54) is 12.1 Å². The Morgan fingerprint density at radius 2 is 1.61 bits per heavy atom. The first kappa shape index (κ1) is 27.2. The first-order chi connectivity index (χ1) is 18.4. The summed E-state index contributed by atoms with van der Waals surface area (Å²) in [5, 5.41) is 11.1. The maximum atomic E-state index is 13.6. The molecule has 0 radical (unpaired) electrons. The van der Waals surface area contributed by atoms with Gasteiger partial charge in [0, 0.05) is 36.6 Å². The smallest absolute Gasteiger partial charge is 0.246 e. The maximum absolute atomic E-state index is 13.6. The Morgan fingerprint density at radius 1 is 0.947 bits per heavy atom. The lowest BCUT2D eigenvalue weighted by Crippen LogP contribution is -2.31. The van der Waals surface area contributed by atoms with Crippen molar-refractivity contribution in [3.8, 4) is 17.0 Å². The Morgan fingerprint density at radius 3 is 2.24 bits per heavy atom. The number of hydrogen-bond donors (Lipinski definition) is 1. The molecule has 38 heavy (non-hydrogen) atoms. The molecule has 198 valence electrons. The van der Waals surface area contributed by atoms with E-state index >= 15 is 0 Å². The average Bonchev–Trinajstić information content (AvgIpc) is 3.19. The van der Waals surface area contributed by atoms with Gasteiger partial charge in [-0.15, -0.1) is 0 Å². The van der Waals surface area contributed by atoms with Crippen LogP contribution in [0.5, 0.6) is 5.75 Å². The van der Waals surface area contributed by atoms with Crippen molar-refractivity contribution >= 4 is 22.9 Å². The molecular weight excluding hydrogens is 475 g/mol. The number of rotatable bonds is 11. The van der Waals surface area contributed by atoms with E-state index in [1.807, 2.05) is 36.1 Å². The first-order valence-electron chi connectivity index (χ1n) is 13.5. The summed E-state index contributed by atoms with van der Waals surface area (Å²) in [6.45, 7) is 8.54. The summed E-state index contributed by atoms with van der Waals surface area (Å²) in [4.78, 5) is 14.7. The van der Waals surface area contributed by atoms with Crippen LogP contribution in [0.15, 0.2) is 72.8 Å². The number of halogens is 1. The van der Waals surface area contributed by atoms with Crippen molar-refractivity contribution in [3.63, 3.8) is 0 Å². The molecule has 1 aromatic heterocycles. The second-order valence-electron chi connectivity index (χ2n) is 9.88. The third-order valence-electron chi connectivity index (χ3n) is 7.03. The van der Waals surface area contributed by atoms with Crippen LogP contribution in [0.25, 0.3) is 28.2 Å². The number of carbonyl (C=O) groups excluding carboxylic acids is 1. The summed E-state index contributed by atoms with van der Waals surface area (Å²) < 4.78 is 15.9. The highest BCUT2D eigenvalue weighted by Crippen LogP contribution is 2.35. The van der Waals surface area contributed by atoms with Crippen molar-refractivity contribution in [2.24, 2.45) is 0 Å². The Labute approximate surface area is 225 Å². The molecule has 0 aliphatic carbocycles. The lowest BCUT2D eigenvalue weighted by Gasteiger charge is -2.20. The highest BCUT2D eigenvalue weighted by Gasteiger charge is 2.17. The van der Waals surface area contributed by atoms with Gasteiger partial charge in [-0.05, 0) is 90.6 Å². The normalized spacial score (nSPS) is 11.5. The van der Waals surface area contributed by atoms with Crippen LogP contribution in [0.3, 0.4) is 0 Å². The van der Waals surface area contributed by atoms with Crippen molar-refractivity contribution < 1.29 is 14.3 Å². The third-order valence-corrected chi connectivity index (χ3v) is 7.03. The van der Waals surface area contributed by atoms with Gasteiger partial charge >= 0.3 is 0 Å². The van der Waals surface area contributed by atoms with E-state index in [-0.39, 0.29) is 17.5 Å². The lowest BCUT2D eigenvalue weighted by atomic mass is 10.1. The van der Waals surface area contributed by atoms with Gasteiger partial charge in [-0.3, -0.25) is 4.79 Å². The van der Waals surface area contributed by atoms with Crippen LogP contribution in [-0.4, -0.2) is 33.6 Å². The molecule has 1 amide bonds. The summed E-state index contributed by atoms with van der Waals surface area (Å²) in [6, 6.07) is 20.2. The van der Waals surface area contributed by atoms with Gasteiger partial charge in [0.05, 0.1) is 5.69 Å². The average molecular weight is 513 g/mol. The quantitative estimate of drug-likeness (QED) is 0.207. The van der Waals surface area contributed by atoms with E-state index in [9.17, 15) is 14.3 Å². The minimum absolute atomic E-state index is 0.0671. The molecule has 0 aliphatic rings. The van der Waals surface area contributed by atoms with E-state index in [4.69, 9.17) is 0 Å². The zero-order chi connectivity index (χ0) is 27.1. The maximum Gasteiger partial charge on any atom is 0.246 e. The zero-order valence-electron chi connectivity index (χ0n) is 22.6. The molecule has 0 unspecified atom stereocenters. The number of phenols is 1. The number of carbonyl (C=O) groups is 1. The van der Waals surface area contributed by atoms with Gasteiger partial charge in [-0.2, -0.15) is 0 Å². The minimum Gasteiger partial charge on any atom is -0.508 e. The topological polar surface area (TPSA) is 45.5 Å². The number of aryl methyl sites for hydroxylation is 1. The van der Waals surface area contributed by atoms with Gasteiger partial charge in [0.15, 0.2) is 0 Å². The second-order valence-corrected chi connectivity index (χ2v) is 9.88. The van der Waals surface area contributed by atoms with E-state index in [2.05, 4.69) is 30.5 Å². The predicted octanol–water partition coefficient (Wildman–Crippen LogP) is 7.95. The van der Waals surface area contributed by atoms with Crippen LogP contribution in [0.2, 0.25) is 0 Å². The number of amides is 1. The zero-order valence-corrected chi connectivity index (χ0v) is 22.6. The van der Waals surface area contributed by atoms with Crippen LogP contribution >= 0.6 is 0 Å². The molecule has 1 N–H and O–H groups in total. The molecular formula is C33H37FN2O2. The number of aromatic hydroxyl groups is 1. The molecule has 4 nitrogen and oxygen atoms in total. The van der Waals surface area contributed by atoms with Crippen LogP contribution in [0, 0.1) is 12.7 Å². The van der Waals surface area contributed by atoms with E-state index in [0.29, 0.717) is 6.54 Å². The van der Waals surface area contributed by atoms with Crippen LogP contribution < -0.4 is 0 Å². The molecule has 4 rings (SSSR count). The number of nitrogens with zero attached hydrogens (tertiary/aromatic N) is 2. The molecule has 4 aromatic rings. The molecule has 0 saturated heterocycles. The Bertz CT molecular complexity index is 1390. The Balaban J connectivity index is 1.58. The molecule has 5 heteroatoms. The van der Waals surface area contributed by atoms with Gasteiger partial charge in [0.25, 0.3) is 0 Å². The molecule has 3 aromatic carbocycles. The fraction of sp³-hybridized carbons (Fsp3) is 0.303. The number of aromatic nitrogens is 1. The highest BCUT2D eigenvalue weighted by atomic mass is 19.1. The number of fused-ring (bicyclic) bond motifs is 1. The van der Waals surface area contributed by atoms with Gasteiger partial charge in [-0.1, -0.05) is 51.0 Å². The fourth-order valence-corrected chi connectivity index (χ4v) is 4.87. The van der Waals surface area contributed by atoms with Gasteiger partial charge in [-0.25, -0.2) is 4.39 Å². The predicted molar refractivity (Wildman–Crippen MR) is 155 cm³/mol. The lowest BCUT2D eigenvalue weighted by molar-refractivity contribution is -0.126. The molecule has 0 spiro atoms. The number of phenolic OH excluding ortho intramolecular Hbond substituents is 1. The molecule has 0 saturated carbocycles. The summed E-state index contributed by atoms with van der Waals surface area (Å²) in [5.41, 5.74) is 6.05. The summed E-state index contributed by atoms with van der Waals surface area (Å²) in [5.74, 6) is 0.0159.